The van der Waals surface area contributed by atoms with Crippen molar-refractivity contribution >= 4 is 6.09 Å². The van der Waals surface area contributed by atoms with Crippen molar-refractivity contribution in [1.29, 1.82) is 0 Å². The third-order valence-electron chi connectivity index (χ3n) is 1.83. The summed E-state index contributed by atoms with van der Waals surface area (Å²) in [5, 5.41) is 9.93. The van der Waals surface area contributed by atoms with E-state index in [4.69, 9.17) is 9.84 Å². The second-order valence-electron chi connectivity index (χ2n) is 3.07. The molecule has 2 rings (SSSR count). The number of amides is 1. The summed E-state index contributed by atoms with van der Waals surface area (Å²) < 4.78 is 5.09. The van der Waals surface area contributed by atoms with Gasteiger partial charge in [0.1, 0.15) is 6.10 Å². The Morgan fingerprint density at radius 3 is 2.47 bits per heavy atom. The van der Waals surface area contributed by atoms with E-state index >= 15 is 0 Å². The van der Waals surface area contributed by atoms with Gasteiger partial charge in [0.2, 0.25) is 0 Å². The molecule has 1 unspecified atom stereocenters. The lowest BCUT2D eigenvalue weighted by atomic mass is 10.2. The van der Waals surface area contributed by atoms with Gasteiger partial charge in [-0.15, -0.1) is 0 Å². The summed E-state index contributed by atoms with van der Waals surface area (Å²) in [5.74, 6) is 0. The van der Waals surface area contributed by atoms with E-state index in [1.807, 2.05) is 18.2 Å². The van der Waals surface area contributed by atoms with E-state index in [0.717, 1.165) is 6.61 Å². The van der Waals surface area contributed by atoms with Gasteiger partial charge in [-0.3, -0.25) is 0 Å². The molecule has 1 atom stereocenters. The van der Waals surface area contributed by atoms with Gasteiger partial charge in [-0.25, -0.2) is 4.79 Å². The normalized spacial score (nSPS) is 17.3. The van der Waals surface area contributed by atoms with Crippen LogP contribution in [0.2, 0.25) is 0 Å². The molecule has 2 N–H and O–H groups in total. The SMILES string of the molecule is CCNC(=O)O.c1ccc(C2CO2)cc1. The zero-order valence-corrected chi connectivity index (χ0v) is 8.64. The third-order valence-corrected chi connectivity index (χ3v) is 1.83. The van der Waals surface area contributed by atoms with Gasteiger partial charge in [-0.1, -0.05) is 30.3 Å². The first-order valence-electron chi connectivity index (χ1n) is 4.87. The zero-order chi connectivity index (χ0) is 11.1. The molecule has 1 aromatic rings. The van der Waals surface area contributed by atoms with E-state index < -0.39 is 6.09 Å². The minimum atomic E-state index is -0.961. The topological polar surface area (TPSA) is 61.9 Å². The summed E-state index contributed by atoms with van der Waals surface area (Å²) >= 11 is 0. The molecule has 1 heterocycles. The van der Waals surface area contributed by atoms with E-state index in [9.17, 15) is 4.79 Å². The number of epoxide rings is 1. The van der Waals surface area contributed by atoms with Crippen LogP contribution in [0.4, 0.5) is 4.79 Å². The molecule has 1 amide bonds. The zero-order valence-electron chi connectivity index (χ0n) is 8.64. The molecule has 1 aliphatic rings. The number of hydrogen-bond acceptors (Lipinski definition) is 2. The Morgan fingerprint density at radius 2 is 2.13 bits per heavy atom. The summed E-state index contributed by atoms with van der Waals surface area (Å²) in [6, 6.07) is 10.3. The van der Waals surface area contributed by atoms with Crippen molar-refractivity contribution in [3.05, 3.63) is 35.9 Å². The maximum Gasteiger partial charge on any atom is 0.404 e. The second kappa shape index (κ2) is 6.03. The van der Waals surface area contributed by atoms with Gasteiger partial charge in [0.25, 0.3) is 0 Å². The molecule has 0 spiro atoms. The fourth-order valence-corrected chi connectivity index (χ4v) is 1.06. The fraction of sp³-hybridized carbons (Fsp3) is 0.364. The first-order chi connectivity index (χ1) is 7.24. The lowest BCUT2D eigenvalue weighted by Crippen LogP contribution is -2.19. The maximum atomic E-state index is 9.49. The first kappa shape index (κ1) is 11.5. The van der Waals surface area contributed by atoms with E-state index in [0.29, 0.717) is 12.6 Å². The summed E-state index contributed by atoms with van der Waals surface area (Å²) in [6.07, 6.45) is -0.552. The predicted octanol–water partition coefficient (Wildman–Crippen LogP) is 2.03. The Labute approximate surface area is 88.9 Å². The highest BCUT2D eigenvalue weighted by Gasteiger charge is 2.23. The van der Waals surface area contributed by atoms with Crippen LogP contribution in [0.25, 0.3) is 0 Å². The lowest BCUT2D eigenvalue weighted by Gasteiger charge is -1.89. The van der Waals surface area contributed by atoms with Crippen LogP contribution >= 0.6 is 0 Å². The Kier molecular flexibility index (Phi) is 4.63. The van der Waals surface area contributed by atoms with E-state index in [1.54, 1.807) is 6.92 Å². The molecular weight excluding hydrogens is 194 g/mol. The Hall–Kier alpha value is -1.55. The Balaban J connectivity index is 0.000000167. The number of rotatable bonds is 2. The molecule has 0 radical (unpaired) electrons. The van der Waals surface area contributed by atoms with Crippen LogP contribution in [0.15, 0.2) is 30.3 Å². The van der Waals surface area contributed by atoms with Gasteiger partial charge in [-0.2, -0.15) is 0 Å². The molecule has 4 heteroatoms. The van der Waals surface area contributed by atoms with Crippen molar-refractivity contribution in [1.82, 2.24) is 5.32 Å². The molecule has 4 nitrogen and oxygen atoms in total. The Morgan fingerprint density at radius 1 is 1.53 bits per heavy atom. The minimum Gasteiger partial charge on any atom is -0.465 e. The van der Waals surface area contributed by atoms with Crippen LogP contribution in [0.1, 0.15) is 18.6 Å². The largest absolute Gasteiger partial charge is 0.465 e. The highest BCUT2D eigenvalue weighted by Crippen LogP contribution is 2.28. The summed E-state index contributed by atoms with van der Waals surface area (Å²) in [4.78, 5) is 9.49. The van der Waals surface area contributed by atoms with Crippen molar-refractivity contribution < 1.29 is 14.6 Å². The number of hydrogen-bond donors (Lipinski definition) is 2. The van der Waals surface area contributed by atoms with E-state index in [1.165, 1.54) is 5.56 Å². The molecule has 1 aromatic carbocycles. The lowest BCUT2D eigenvalue weighted by molar-refractivity contribution is 0.195. The average molecular weight is 209 g/mol. The number of carboxylic acid groups (broad SMARTS) is 1. The van der Waals surface area contributed by atoms with Gasteiger partial charge in [0, 0.05) is 6.54 Å². The van der Waals surface area contributed by atoms with Crippen LogP contribution in [-0.4, -0.2) is 24.4 Å². The number of nitrogens with one attached hydrogen (secondary N) is 1. The third kappa shape index (κ3) is 5.02. The quantitative estimate of drug-likeness (QED) is 0.732. The monoisotopic (exact) mass is 209 g/mol. The molecule has 0 aliphatic carbocycles. The molecule has 0 saturated carbocycles. The molecule has 1 saturated heterocycles. The van der Waals surface area contributed by atoms with Gasteiger partial charge in [-0.05, 0) is 12.5 Å². The van der Waals surface area contributed by atoms with Gasteiger partial charge in [0.05, 0.1) is 6.61 Å². The van der Waals surface area contributed by atoms with Crippen LogP contribution in [0.5, 0.6) is 0 Å². The molecule has 1 fully saturated rings. The minimum absolute atomic E-state index is 0.409. The van der Waals surface area contributed by atoms with Gasteiger partial charge < -0.3 is 15.2 Å². The van der Waals surface area contributed by atoms with Crippen molar-refractivity contribution in [3.8, 4) is 0 Å². The summed E-state index contributed by atoms with van der Waals surface area (Å²) in [7, 11) is 0. The van der Waals surface area contributed by atoms with Crippen molar-refractivity contribution in [2.24, 2.45) is 0 Å². The maximum absolute atomic E-state index is 9.49. The molecule has 0 bridgehead atoms. The average Bonchev–Trinajstić information content (AvgIpc) is 3.03. The van der Waals surface area contributed by atoms with Gasteiger partial charge >= 0.3 is 6.09 Å². The van der Waals surface area contributed by atoms with Crippen molar-refractivity contribution in [2.75, 3.05) is 13.2 Å². The fourth-order valence-electron chi connectivity index (χ4n) is 1.06. The Bertz CT molecular complexity index is 296. The second-order valence-corrected chi connectivity index (χ2v) is 3.07. The summed E-state index contributed by atoms with van der Waals surface area (Å²) in [5.41, 5.74) is 1.30. The number of carbonyl (C=O) groups is 1. The van der Waals surface area contributed by atoms with E-state index in [-0.39, 0.29) is 0 Å². The molecular formula is C11H15NO3. The molecule has 0 aromatic heterocycles. The number of benzene rings is 1. The van der Waals surface area contributed by atoms with Crippen molar-refractivity contribution in [2.45, 2.75) is 13.0 Å². The first-order valence-corrected chi connectivity index (χ1v) is 4.87. The highest BCUT2D eigenvalue weighted by molar-refractivity contribution is 5.64. The van der Waals surface area contributed by atoms with E-state index in [2.05, 4.69) is 17.4 Å². The van der Waals surface area contributed by atoms with Crippen LogP contribution in [-0.2, 0) is 4.74 Å². The van der Waals surface area contributed by atoms with Crippen LogP contribution in [0, 0.1) is 0 Å². The highest BCUT2D eigenvalue weighted by atomic mass is 16.6. The van der Waals surface area contributed by atoms with Crippen LogP contribution in [0.3, 0.4) is 0 Å². The number of ether oxygens (including phenoxy) is 1. The predicted molar refractivity (Wildman–Crippen MR) is 56.8 cm³/mol. The molecule has 1 aliphatic heterocycles. The van der Waals surface area contributed by atoms with Crippen molar-refractivity contribution in [3.63, 3.8) is 0 Å². The molecule has 82 valence electrons. The molecule has 15 heavy (non-hydrogen) atoms. The standard InChI is InChI=1S/C8H8O.C3H7NO2/c1-2-4-7(5-3-1)8-6-9-8;1-2-4-3(5)6/h1-5,8H,6H2;4H,2H2,1H3,(H,5,6). The van der Waals surface area contributed by atoms with Crippen LogP contribution < -0.4 is 5.32 Å². The smallest absolute Gasteiger partial charge is 0.404 e. The summed E-state index contributed by atoms with van der Waals surface area (Å²) in [6.45, 7) is 3.12. The van der Waals surface area contributed by atoms with Gasteiger partial charge in [0.15, 0.2) is 0 Å².